The quantitative estimate of drug-likeness (QED) is 0.266. The topological polar surface area (TPSA) is 169 Å². The van der Waals surface area contributed by atoms with Crippen molar-refractivity contribution in [2.75, 3.05) is 12.9 Å². The van der Waals surface area contributed by atoms with E-state index < -0.39 is 41.7 Å². The highest BCUT2D eigenvalue weighted by molar-refractivity contribution is 7.92. The van der Waals surface area contributed by atoms with E-state index in [-0.39, 0.29) is 33.3 Å². The van der Waals surface area contributed by atoms with Gasteiger partial charge in [0.1, 0.15) is 17.5 Å². The molecule has 5 rings (SSSR count). The van der Waals surface area contributed by atoms with E-state index in [1.54, 1.807) is 6.07 Å². The molecule has 0 N–H and O–H groups in total. The second-order valence-electron chi connectivity index (χ2n) is 8.27. The molecule has 5 aromatic rings. The Bertz CT molecular complexity index is 2070. The molecule has 0 bridgehead atoms. The van der Waals surface area contributed by atoms with Crippen LogP contribution >= 0.6 is 0 Å². The summed E-state index contributed by atoms with van der Waals surface area (Å²) in [4.78, 5) is 24.0. The van der Waals surface area contributed by atoms with Gasteiger partial charge in [-0.3, -0.25) is 0 Å². The predicted molar refractivity (Wildman–Crippen MR) is 135 cm³/mol. The Morgan fingerprint density at radius 3 is 2.41 bits per heavy atom. The number of rotatable bonds is 7. The van der Waals surface area contributed by atoms with E-state index in [0.29, 0.717) is 23.7 Å². The highest BCUT2D eigenvalue weighted by atomic mass is 32.2. The molecule has 4 aromatic heterocycles. The molecular formula is C23H17F3N6O7S2. The van der Waals surface area contributed by atoms with Crippen LogP contribution in [0.15, 0.2) is 74.0 Å². The molecule has 0 spiro atoms. The summed E-state index contributed by atoms with van der Waals surface area (Å²) in [5.41, 5.74) is -6.71. The van der Waals surface area contributed by atoms with Crippen molar-refractivity contribution in [3.05, 3.63) is 65.5 Å². The molecule has 0 aliphatic rings. The van der Waals surface area contributed by atoms with Crippen molar-refractivity contribution in [3.8, 4) is 29.0 Å². The lowest BCUT2D eigenvalue weighted by molar-refractivity contribution is -0.0436. The number of benzene rings is 1. The fourth-order valence-electron chi connectivity index (χ4n) is 3.70. The molecule has 0 aliphatic heterocycles. The number of halogens is 3. The van der Waals surface area contributed by atoms with Crippen LogP contribution < -0.4 is 10.4 Å². The van der Waals surface area contributed by atoms with Gasteiger partial charge in [0.25, 0.3) is 9.84 Å². The van der Waals surface area contributed by atoms with Gasteiger partial charge in [-0.15, -0.1) is 0 Å². The molecule has 18 heteroatoms. The zero-order chi connectivity index (χ0) is 29.7. The van der Waals surface area contributed by atoms with Crippen molar-refractivity contribution < 1.29 is 39.2 Å². The molecule has 0 saturated carbocycles. The minimum absolute atomic E-state index is 0.136. The fourth-order valence-corrected chi connectivity index (χ4v) is 5.49. The molecule has 0 atom stereocenters. The van der Waals surface area contributed by atoms with Gasteiger partial charge in [-0.1, -0.05) is 6.92 Å². The summed E-state index contributed by atoms with van der Waals surface area (Å²) in [6, 6.07) is 7.77. The predicted octanol–water partition coefficient (Wildman–Crippen LogP) is 2.72. The Labute approximate surface area is 228 Å². The van der Waals surface area contributed by atoms with Gasteiger partial charge in [-0.05, 0) is 36.4 Å². The normalized spacial score (nSPS) is 12.6. The molecule has 214 valence electrons. The molecule has 0 radical (unpaired) electrons. The summed E-state index contributed by atoms with van der Waals surface area (Å²) >= 11 is 0. The maximum atomic E-state index is 13.1. The largest absolute Gasteiger partial charge is 0.501 e. The van der Waals surface area contributed by atoms with E-state index in [9.17, 15) is 34.8 Å². The van der Waals surface area contributed by atoms with Crippen LogP contribution in [0.4, 0.5) is 13.2 Å². The summed E-state index contributed by atoms with van der Waals surface area (Å²) in [6.07, 6.45) is 2.56. The average molecular weight is 611 g/mol. The third kappa shape index (κ3) is 4.84. The highest BCUT2D eigenvalue weighted by Crippen LogP contribution is 2.34. The van der Waals surface area contributed by atoms with E-state index >= 15 is 0 Å². The number of hydrogen-bond acceptors (Lipinski definition) is 11. The molecule has 0 saturated heterocycles. The zero-order valence-electron chi connectivity index (χ0n) is 20.9. The summed E-state index contributed by atoms with van der Waals surface area (Å²) in [5.74, 6) is -0.617. The van der Waals surface area contributed by atoms with Crippen LogP contribution in [0, 0.1) is 0 Å². The second kappa shape index (κ2) is 9.81. The standard InChI is InChI=1S/C23H17F3N6O7S2/c1-3-40(34,35)17-7-8-18(32-22(33)31(12-28-32)13-4-9-19(38-2)27-11-13)30-20(17)21-29-15-10-14(5-6-16(15)39-21)41(36,37)23(24,25)26/h4-12H,3H2,1-2H3. The van der Waals surface area contributed by atoms with Crippen LogP contribution in [0.2, 0.25) is 0 Å². The third-order valence-corrected chi connectivity index (χ3v) is 9.07. The lowest BCUT2D eigenvalue weighted by Crippen LogP contribution is -2.23. The molecule has 0 amide bonds. The van der Waals surface area contributed by atoms with Gasteiger partial charge in [0.15, 0.2) is 21.2 Å². The van der Waals surface area contributed by atoms with Gasteiger partial charge >= 0.3 is 11.2 Å². The van der Waals surface area contributed by atoms with Crippen LogP contribution in [0.25, 0.3) is 34.2 Å². The number of hydrogen-bond donors (Lipinski definition) is 0. The average Bonchev–Trinajstić information content (AvgIpc) is 3.55. The van der Waals surface area contributed by atoms with E-state index in [0.717, 1.165) is 21.4 Å². The number of alkyl halides is 3. The number of ether oxygens (including phenoxy) is 1. The molecule has 0 unspecified atom stereocenters. The summed E-state index contributed by atoms with van der Waals surface area (Å²) < 4.78 is 101. The maximum absolute atomic E-state index is 13.1. The molecule has 41 heavy (non-hydrogen) atoms. The van der Waals surface area contributed by atoms with Crippen molar-refractivity contribution >= 4 is 30.8 Å². The lowest BCUT2D eigenvalue weighted by Gasteiger charge is -2.08. The Morgan fingerprint density at radius 1 is 1.02 bits per heavy atom. The first-order chi connectivity index (χ1) is 19.3. The van der Waals surface area contributed by atoms with Crippen molar-refractivity contribution in [2.24, 2.45) is 0 Å². The monoisotopic (exact) mass is 610 g/mol. The SMILES string of the molecule is CCS(=O)(=O)c1ccc(-n2ncn(-c3ccc(OC)nc3)c2=O)nc1-c1nc2cc(S(=O)(=O)C(F)(F)F)ccc2o1. The van der Waals surface area contributed by atoms with E-state index in [1.807, 2.05) is 0 Å². The van der Waals surface area contributed by atoms with E-state index in [4.69, 9.17) is 9.15 Å². The molecule has 0 aliphatic carbocycles. The van der Waals surface area contributed by atoms with Crippen molar-refractivity contribution in [2.45, 2.75) is 22.2 Å². The van der Waals surface area contributed by atoms with Gasteiger partial charge in [-0.2, -0.15) is 23.0 Å². The number of sulfone groups is 2. The molecular weight excluding hydrogens is 593 g/mol. The minimum Gasteiger partial charge on any atom is -0.481 e. The first-order valence-electron chi connectivity index (χ1n) is 11.4. The second-order valence-corrected chi connectivity index (χ2v) is 12.5. The van der Waals surface area contributed by atoms with Crippen LogP contribution in [0.1, 0.15) is 6.92 Å². The summed E-state index contributed by atoms with van der Waals surface area (Å²) in [7, 11) is -8.21. The summed E-state index contributed by atoms with van der Waals surface area (Å²) in [5, 5.41) is 4.03. The summed E-state index contributed by atoms with van der Waals surface area (Å²) in [6.45, 7) is 1.38. The number of oxazole rings is 1. The first kappa shape index (κ1) is 28.0. The van der Waals surface area contributed by atoms with Gasteiger partial charge in [0, 0.05) is 6.07 Å². The maximum Gasteiger partial charge on any atom is 0.501 e. The van der Waals surface area contributed by atoms with Crippen molar-refractivity contribution in [1.82, 2.24) is 29.3 Å². The lowest BCUT2D eigenvalue weighted by atomic mass is 10.3. The fraction of sp³-hybridized carbons (Fsp3) is 0.174. The number of pyridine rings is 2. The molecule has 1 aromatic carbocycles. The first-order valence-corrected chi connectivity index (χ1v) is 14.5. The van der Waals surface area contributed by atoms with Crippen molar-refractivity contribution in [3.63, 3.8) is 0 Å². The number of methoxy groups -OCH3 is 1. The van der Waals surface area contributed by atoms with Gasteiger partial charge in [0.2, 0.25) is 11.8 Å². The van der Waals surface area contributed by atoms with E-state index in [2.05, 4.69) is 20.1 Å². The Kier molecular flexibility index (Phi) is 6.69. The third-order valence-electron chi connectivity index (χ3n) is 5.83. The number of fused-ring (bicyclic) bond motifs is 1. The zero-order valence-corrected chi connectivity index (χ0v) is 22.5. The Hall–Kier alpha value is -4.58. The minimum atomic E-state index is -5.68. The van der Waals surface area contributed by atoms with Gasteiger partial charge in [-0.25, -0.2) is 41.1 Å². The van der Waals surface area contributed by atoms with Crippen LogP contribution in [-0.2, 0) is 19.7 Å². The van der Waals surface area contributed by atoms with Crippen LogP contribution in [0.5, 0.6) is 5.88 Å². The molecule has 4 heterocycles. The van der Waals surface area contributed by atoms with Crippen LogP contribution in [-0.4, -0.2) is 64.5 Å². The van der Waals surface area contributed by atoms with Crippen LogP contribution in [0.3, 0.4) is 0 Å². The van der Waals surface area contributed by atoms with Gasteiger partial charge < -0.3 is 9.15 Å². The number of nitrogens with zero attached hydrogens (tertiary/aromatic N) is 6. The number of aromatic nitrogens is 6. The van der Waals surface area contributed by atoms with Gasteiger partial charge in [0.05, 0.1) is 34.5 Å². The Balaban J connectivity index is 1.65. The molecule has 0 fully saturated rings. The van der Waals surface area contributed by atoms with E-state index in [1.165, 1.54) is 38.7 Å². The molecule has 13 nitrogen and oxygen atoms in total. The Morgan fingerprint density at radius 2 is 1.78 bits per heavy atom. The van der Waals surface area contributed by atoms with Crippen molar-refractivity contribution in [1.29, 1.82) is 0 Å². The smallest absolute Gasteiger partial charge is 0.481 e. The highest BCUT2D eigenvalue weighted by Gasteiger charge is 2.47.